The Bertz CT molecular complexity index is 412. The quantitative estimate of drug-likeness (QED) is 0.466. The predicted molar refractivity (Wildman–Crippen MR) is 48.6 cm³/mol. The van der Waals surface area contributed by atoms with Crippen LogP contribution in [0.4, 0.5) is 23.2 Å². The molecule has 0 atom stereocenters. The number of hydrogen-bond acceptors (Lipinski definition) is 2. The van der Waals surface area contributed by atoms with Gasteiger partial charge in [0.2, 0.25) is 0 Å². The number of aliphatic imine (C=N–C) groups is 1. The third-order valence-electron chi connectivity index (χ3n) is 1.42. The number of halogens is 4. The van der Waals surface area contributed by atoms with Crippen molar-refractivity contribution in [1.29, 1.82) is 0 Å². The molecular formula is C8H7F4N3O. The van der Waals surface area contributed by atoms with Crippen molar-refractivity contribution in [3.8, 4) is 5.75 Å². The van der Waals surface area contributed by atoms with E-state index in [-0.39, 0.29) is 0 Å². The van der Waals surface area contributed by atoms with Gasteiger partial charge in [0.15, 0.2) is 17.5 Å². The van der Waals surface area contributed by atoms with Crippen LogP contribution in [0, 0.1) is 5.82 Å². The molecule has 0 aliphatic carbocycles. The second kappa shape index (κ2) is 4.25. The van der Waals surface area contributed by atoms with Gasteiger partial charge in [-0.15, -0.1) is 13.2 Å². The maximum absolute atomic E-state index is 13.3. The van der Waals surface area contributed by atoms with Crippen molar-refractivity contribution < 1.29 is 22.3 Å². The van der Waals surface area contributed by atoms with Gasteiger partial charge >= 0.3 is 6.36 Å². The molecule has 0 unspecified atom stereocenters. The van der Waals surface area contributed by atoms with E-state index in [4.69, 9.17) is 11.5 Å². The molecule has 0 aliphatic heterocycles. The summed E-state index contributed by atoms with van der Waals surface area (Å²) in [5.41, 5.74) is 9.51. The van der Waals surface area contributed by atoms with Crippen LogP contribution >= 0.6 is 0 Å². The average molecular weight is 237 g/mol. The predicted octanol–water partition coefficient (Wildman–Crippen LogP) is 1.63. The van der Waals surface area contributed by atoms with Crippen molar-refractivity contribution in [3.63, 3.8) is 0 Å². The van der Waals surface area contributed by atoms with Crippen LogP contribution in [0.15, 0.2) is 23.2 Å². The topological polar surface area (TPSA) is 73.6 Å². The number of guanidine groups is 1. The van der Waals surface area contributed by atoms with Crippen LogP contribution < -0.4 is 16.2 Å². The minimum absolute atomic E-state index is 0.429. The van der Waals surface area contributed by atoms with Gasteiger partial charge < -0.3 is 16.2 Å². The second-order valence-electron chi connectivity index (χ2n) is 2.67. The number of benzene rings is 1. The Morgan fingerprint density at radius 3 is 2.38 bits per heavy atom. The Balaban J connectivity index is 3.09. The smallest absolute Gasteiger partial charge is 0.403 e. The number of ether oxygens (including phenoxy) is 1. The standard InChI is InChI=1S/C8H7F4N3O/c9-6-4(15-7(13)14)2-1-3-5(6)16-8(10,11)12/h1-3H,(H4,13,14,15). The minimum Gasteiger partial charge on any atom is -0.403 e. The zero-order chi connectivity index (χ0) is 12.3. The molecule has 0 saturated heterocycles. The van der Waals surface area contributed by atoms with Crippen molar-refractivity contribution in [2.75, 3.05) is 0 Å². The van der Waals surface area contributed by atoms with Crippen molar-refractivity contribution in [2.45, 2.75) is 6.36 Å². The van der Waals surface area contributed by atoms with Crippen LogP contribution in [0.1, 0.15) is 0 Å². The van der Waals surface area contributed by atoms with Gasteiger partial charge in [0.25, 0.3) is 0 Å². The van der Waals surface area contributed by atoms with E-state index in [1.165, 1.54) is 0 Å². The molecule has 88 valence electrons. The van der Waals surface area contributed by atoms with Gasteiger partial charge in [0.1, 0.15) is 5.69 Å². The zero-order valence-electron chi connectivity index (χ0n) is 7.75. The fourth-order valence-electron chi connectivity index (χ4n) is 0.928. The number of hydrogen-bond donors (Lipinski definition) is 2. The van der Waals surface area contributed by atoms with Crippen LogP contribution in [-0.4, -0.2) is 12.3 Å². The Morgan fingerprint density at radius 1 is 1.25 bits per heavy atom. The van der Waals surface area contributed by atoms with Gasteiger partial charge in [-0.25, -0.2) is 9.38 Å². The Kier molecular flexibility index (Phi) is 3.21. The molecule has 0 amide bonds. The summed E-state index contributed by atoms with van der Waals surface area (Å²) in [6.07, 6.45) is -4.97. The van der Waals surface area contributed by atoms with E-state index in [1.54, 1.807) is 0 Å². The van der Waals surface area contributed by atoms with Gasteiger partial charge in [0, 0.05) is 0 Å². The fourth-order valence-corrected chi connectivity index (χ4v) is 0.928. The molecule has 0 bridgehead atoms. The van der Waals surface area contributed by atoms with E-state index in [1.807, 2.05) is 0 Å². The molecule has 1 aromatic rings. The Labute approximate surface area is 87.5 Å². The van der Waals surface area contributed by atoms with Crippen molar-refractivity contribution in [3.05, 3.63) is 24.0 Å². The number of nitrogens with zero attached hydrogens (tertiary/aromatic N) is 1. The molecule has 8 heteroatoms. The Hall–Kier alpha value is -1.99. The van der Waals surface area contributed by atoms with Gasteiger partial charge in [0.05, 0.1) is 0 Å². The largest absolute Gasteiger partial charge is 0.573 e. The molecule has 4 nitrogen and oxygen atoms in total. The maximum atomic E-state index is 13.3. The van der Waals surface area contributed by atoms with Crippen LogP contribution in [0.3, 0.4) is 0 Å². The van der Waals surface area contributed by atoms with Gasteiger partial charge in [-0.1, -0.05) is 6.07 Å². The molecule has 0 fully saturated rings. The Morgan fingerprint density at radius 2 is 1.88 bits per heavy atom. The molecule has 4 N–H and O–H groups in total. The molecule has 1 aromatic carbocycles. The maximum Gasteiger partial charge on any atom is 0.573 e. The molecule has 0 heterocycles. The zero-order valence-corrected chi connectivity index (χ0v) is 7.75. The summed E-state index contributed by atoms with van der Waals surface area (Å²) in [5.74, 6) is -2.74. The van der Waals surface area contributed by atoms with Crippen molar-refractivity contribution in [2.24, 2.45) is 16.5 Å². The lowest BCUT2D eigenvalue weighted by atomic mass is 10.3. The van der Waals surface area contributed by atoms with Gasteiger partial charge in [-0.05, 0) is 12.1 Å². The molecule has 0 aliphatic rings. The number of rotatable bonds is 2. The fraction of sp³-hybridized carbons (Fsp3) is 0.125. The minimum atomic E-state index is -4.97. The average Bonchev–Trinajstić information content (AvgIpc) is 2.09. The normalized spacial score (nSPS) is 11.0. The van der Waals surface area contributed by atoms with Crippen molar-refractivity contribution in [1.82, 2.24) is 0 Å². The highest BCUT2D eigenvalue weighted by Gasteiger charge is 2.32. The highest BCUT2D eigenvalue weighted by Crippen LogP contribution is 2.30. The lowest BCUT2D eigenvalue weighted by Gasteiger charge is -2.10. The van der Waals surface area contributed by atoms with Crippen LogP contribution in [0.25, 0.3) is 0 Å². The first-order valence-electron chi connectivity index (χ1n) is 3.93. The monoisotopic (exact) mass is 237 g/mol. The molecule has 0 saturated carbocycles. The van der Waals surface area contributed by atoms with Crippen molar-refractivity contribution >= 4 is 11.6 Å². The first-order valence-corrected chi connectivity index (χ1v) is 3.93. The lowest BCUT2D eigenvalue weighted by molar-refractivity contribution is -0.275. The molecular weight excluding hydrogens is 230 g/mol. The van der Waals surface area contributed by atoms with E-state index < -0.39 is 29.6 Å². The van der Waals surface area contributed by atoms with Crippen LogP contribution in [0.5, 0.6) is 5.75 Å². The summed E-state index contributed by atoms with van der Waals surface area (Å²) in [6.45, 7) is 0. The van der Waals surface area contributed by atoms with Crippen LogP contribution in [0.2, 0.25) is 0 Å². The molecule has 0 radical (unpaired) electrons. The molecule has 1 rings (SSSR count). The summed E-state index contributed by atoms with van der Waals surface area (Å²) in [7, 11) is 0. The summed E-state index contributed by atoms with van der Waals surface area (Å²) < 4.78 is 52.3. The lowest BCUT2D eigenvalue weighted by Crippen LogP contribution is -2.22. The summed E-state index contributed by atoms with van der Waals surface area (Å²) in [5, 5.41) is 0. The second-order valence-corrected chi connectivity index (χ2v) is 2.67. The first kappa shape index (κ1) is 12.1. The van der Waals surface area contributed by atoms with E-state index >= 15 is 0 Å². The summed E-state index contributed by atoms with van der Waals surface area (Å²) in [4.78, 5) is 3.30. The third-order valence-corrected chi connectivity index (χ3v) is 1.42. The summed E-state index contributed by atoms with van der Waals surface area (Å²) in [6, 6.07) is 3.05. The van der Waals surface area contributed by atoms with E-state index in [9.17, 15) is 17.6 Å². The highest BCUT2D eigenvalue weighted by molar-refractivity contribution is 5.79. The summed E-state index contributed by atoms with van der Waals surface area (Å²) >= 11 is 0. The first-order chi connectivity index (χ1) is 7.29. The van der Waals surface area contributed by atoms with E-state index in [0.29, 0.717) is 0 Å². The third kappa shape index (κ3) is 3.30. The SMILES string of the molecule is NC(N)=Nc1cccc(OC(F)(F)F)c1F. The molecule has 0 aromatic heterocycles. The van der Waals surface area contributed by atoms with E-state index in [2.05, 4.69) is 9.73 Å². The van der Waals surface area contributed by atoms with E-state index in [0.717, 1.165) is 18.2 Å². The highest BCUT2D eigenvalue weighted by atomic mass is 19.4. The van der Waals surface area contributed by atoms with Gasteiger partial charge in [-0.2, -0.15) is 0 Å². The van der Waals surface area contributed by atoms with Crippen LogP contribution in [-0.2, 0) is 0 Å². The number of nitrogens with two attached hydrogens (primary N) is 2. The molecule has 0 spiro atoms. The molecule has 16 heavy (non-hydrogen) atoms. The van der Waals surface area contributed by atoms with Gasteiger partial charge in [-0.3, -0.25) is 0 Å². The number of alkyl halides is 3.